The van der Waals surface area contributed by atoms with Gasteiger partial charge in [-0.05, 0) is 49.9 Å². The fraction of sp³-hybridized carbons (Fsp3) is 0.682. The largest absolute Gasteiger partial charge is 0.351 e. The van der Waals surface area contributed by atoms with Crippen LogP contribution in [0.4, 0.5) is 4.79 Å². The summed E-state index contributed by atoms with van der Waals surface area (Å²) in [4.78, 5) is 19.4. The third-order valence-corrected chi connectivity index (χ3v) is 6.52. The third-order valence-electron chi connectivity index (χ3n) is 6.27. The average Bonchev–Trinajstić information content (AvgIpc) is 2.93. The summed E-state index contributed by atoms with van der Waals surface area (Å²) in [6.07, 6.45) is 8.04. The predicted octanol–water partition coefficient (Wildman–Crippen LogP) is 4.30. The molecular formula is C22H35ClN4O. The average molecular weight is 407 g/mol. The molecule has 1 aromatic rings. The molecular weight excluding hydrogens is 372 g/mol. The molecule has 0 radical (unpaired) electrons. The Morgan fingerprint density at radius 1 is 1.11 bits per heavy atom. The first kappa shape index (κ1) is 21.4. The van der Waals surface area contributed by atoms with E-state index in [2.05, 4.69) is 28.9 Å². The van der Waals surface area contributed by atoms with Crippen LogP contribution in [-0.2, 0) is 6.54 Å². The summed E-state index contributed by atoms with van der Waals surface area (Å²) < 4.78 is 0. The maximum absolute atomic E-state index is 12.4. The number of rotatable bonds is 6. The molecule has 0 spiro atoms. The van der Waals surface area contributed by atoms with E-state index < -0.39 is 0 Å². The van der Waals surface area contributed by atoms with Crippen LogP contribution < -0.4 is 5.73 Å². The van der Waals surface area contributed by atoms with Crippen molar-refractivity contribution in [3.8, 4) is 0 Å². The molecule has 1 saturated heterocycles. The van der Waals surface area contributed by atoms with Crippen molar-refractivity contribution in [2.75, 3.05) is 26.2 Å². The molecule has 1 aromatic carbocycles. The number of primary amides is 1. The molecule has 1 heterocycles. The molecule has 0 bridgehead atoms. The van der Waals surface area contributed by atoms with Crippen LogP contribution in [0.15, 0.2) is 24.3 Å². The highest BCUT2D eigenvalue weighted by Gasteiger charge is 2.33. The Kier molecular flexibility index (Phi) is 8.00. The van der Waals surface area contributed by atoms with Gasteiger partial charge in [-0.25, -0.2) is 4.79 Å². The number of hydrogen-bond acceptors (Lipinski definition) is 3. The van der Waals surface area contributed by atoms with E-state index in [0.29, 0.717) is 6.04 Å². The Balaban J connectivity index is 1.62. The maximum atomic E-state index is 12.4. The Morgan fingerprint density at radius 2 is 1.82 bits per heavy atom. The topological polar surface area (TPSA) is 52.8 Å². The highest BCUT2D eigenvalue weighted by Crippen LogP contribution is 2.27. The van der Waals surface area contributed by atoms with E-state index in [9.17, 15) is 4.79 Å². The number of hydrogen-bond donors (Lipinski definition) is 1. The first-order chi connectivity index (χ1) is 13.6. The molecule has 3 rings (SSSR count). The number of amides is 2. The molecule has 1 saturated carbocycles. The first-order valence-electron chi connectivity index (χ1n) is 10.9. The minimum Gasteiger partial charge on any atom is -0.351 e. The predicted molar refractivity (Wildman–Crippen MR) is 115 cm³/mol. The second-order valence-electron chi connectivity index (χ2n) is 8.22. The van der Waals surface area contributed by atoms with Gasteiger partial charge in [0.25, 0.3) is 0 Å². The van der Waals surface area contributed by atoms with Crippen LogP contribution in [0.3, 0.4) is 0 Å². The van der Waals surface area contributed by atoms with E-state index in [-0.39, 0.29) is 12.2 Å². The summed E-state index contributed by atoms with van der Waals surface area (Å²) in [5.74, 6) is 0. The van der Waals surface area contributed by atoms with Crippen molar-refractivity contribution < 1.29 is 4.79 Å². The van der Waals surface area contributed by atoms with E-state index >= 15 is 0 Å². The van der Waals surface area contributed by atoms with Crippen molar-refractivity contribution in [2.24, 2.45) is 5.73 Å². The van der Waals surface area contributed by atoms with Gasteiger partial charge in [0.05, 0.1) is 6.17 Å². The Bertz CT molecular complexity index is 617. The molecule has 6 heteroatoms. The highest BCUT2D eigenvalue weighted by molar-refractivity contribution is 6.30. The van der Waals surface area contributed by atoms with Gasteiger partial charge in [-0.15, -0.1) is 0 Å². The van der Waals surface area contributed by atoms with Gasteiger partial charge in [-0.3, -0.25) is 9.80 Å². The van der Waals surface area contributed by atoms with Gasteiger partial charge in [0, 0.05) is 37.2 Å². The highest BCUT2D eigenvalue weighted by atomic mass is 35.5. The molecule has 1 aliphatic carbocycles. The van der Waals surface area contributed by atoms with Crippen LogP contribution in [-0.4, -0.2) is 59.1 Å². The first-order valence-corrected chi connectivity index (χ1v) is 11.2. The van der Waals surface area contributed by atoms with Gasteiger partial charge < -0.3 is 10.6 Å². The van der Waals surface area contributed by atoms with Gasteiger partial charge in [-0.2, -0.15) is 0 Å². The maximum Gasteiger partial charge on any atom is 0.316 e. The number of carbonyl (C=O) groups excluding carboxylic acids is 1. The molecule has 5 nitrogen and oxygen atoms in total. The molecule has 2 N–H and O–H groups in total. The molecule has 1 unspecified atom stereocenters. The molecule has 156 valence electrons. The molecule has 2 aliphatic rings. The zero-order chi connectivity index (χ0) is 19.9. The lowest BCUT2D eigenvalue weighted by Crippen LogP contribution is -2.57. The van der Waals surface area contributed by atoms with Gasteiger partial charge in [0.2, 0.25) is 0 Å². The van der Waals surface area contributed by atoms with Crippen molar-refractivity contribution in [3.05, 3.63) is 34.9 Å². The van der Waals surface area contributed by atoms with Gasteiger partial charge in [-0.1, -0.05) is 49.9 Å². The molecule has 28 heavy (non-hydrogen) atoms. The van der Waals surface area contributed by atoms with Crippen LogP contribution in [0, 0.1) is 0 Å². The summed E-state index contributed by atoms with van der Waals surface area (Å²) in [6.45, 7) is 7.21. The molecule has 2 amide bonds. The number of carbonyl (C=O) groups is 1. The number of benzene rings is 1. The van der Waals surface area contributed by atoms with Crippen LogP contribution in [0.1, 0.15) is 57.4 Å². The van der Waals surface area contributed by atoms with Crippen LogP contribution in [0.2, 0.25) is 5.02 Å². The van der Waals surface area contributed by atoms with Gasteiger partial charge >= 0.3 is 6.03 Å². The normalized spacial score (nSPS) is 21.2. The second kappa shape index (κ2) is 10.5. The molecule has 1 aliphatic heterocycles. The van der Waals surface area contributed by atoms with Gasteiger partial charge in [0.1, 0.15) is 0 Å². The minimum absolute atomic E-state index is 0.121. The smallest absolute Gasteiger partial charge is 0.316 e. The van der Waals surface area contributed by atoms with Crippen LogP contribution in [0.25, 0.3) is 0 Å². The van der Waals surface area contributed by atoms with Crippen molar-refractivity contribution in [2.45, 2.75) is 70.6 Å². The van der Waals surface area contributed by atoms with E-state index in [1.165, 1.54) is 24.8 Å². The van der Waals surface area contributed by atoms with E-state index in [4.69, 9.17) is 17.3 Å². The minimum atomic E-state index is -0.249. The fourth-order valence-corrected chi connectivity index (χ4v) is 4.98. The number of halogens is 1. The molecule has 2 fully saturated rings. The zero-order valence-corrected chi connectivity index (χ0v) is 17.9. The zero-order valence-electron chi connectivity index (χ0n) is 17.2. The third kappa shape index (κ3) is 5.62. The quantitative estimate of drug-likeness (QED) is 0.766. The van der Waals surface area contributed by atoms with Crippen molar-refractivity contribution in [1.82, 2.24) is 14.7 Å². The summed E-state index contributed by atoms with van der Waals surface area (Å²) in [6, 6.07) is 8.20. The van der Waals surface area contributed by atoms with E-state index in [1.54, 1.807) is 0 Å². The summed E-state index contributed by atoms with van der Waals surface area (Å²) in [7, 11) is 0. The lowest BCUT2D eigenvalue weighted by Gasteiger charge is -2.43. The lowest BCUT2D eigenvalue weighted by molar-refractivity contribution is 0.0312. The standard InChI is InChI=1S/C22H35ClN4O/c1-2-21(27(22(24)28)20-7-4-3-5-8-20)26-14-6-13-25(15-16-26)17-18-9-11-19(23)12-10-18/h9-12,20-21H,2-8,13-17H2,1H3,(H2,24,28). The molecule has 0 aromatic heterocycles. The summed E-state index contributed by atoms with van der Waals surface area (Å²) in [5, 5.41) is 0.783. The van der Waals surface area contributed by atoms with Crippen LogP contribution in [0.5, 0.6) is 0 Å². The second-order valence-corrected chi connectivity index (χ2v) is 8.65. The summed E-state index contributed by atoms with van der Waals surface area (Å²) >= 11 is 6.01. The lowest BCUT2D eigenvalue weighted by atomic mass is 9.93. The SMILES string of the molecule is CCC(N1CCCN(Cc2ccc(Cl)cc2)CC1)N(C(N)=O)C1CCCCC1. The monoisotopic (exact) mass is 406 g/mol. The van der Waals surface area contributed by atoms with Crippen molar-refractivity contribution in [1.29, 1.82) is 0 Å². The van der Waals surface area contributed by atoms with E-state index in [0.717, 1.165) is 63.4 Å². The Morgan fingerprint density at radius 3 is 2.46 bits per heavy atom. The fourth-order valence-electron chi connectivity index (χ4n) is 4.86. The molecule has 1 atom stereocenters. The summed E-state index contributed by atoms with van der Waals surface area (Å²) in [5.41, 5.74) is 7.17. The number of urea groups is 1. The van der Waals surface area contributed by atoms with Crippen molar-refractivity contribution in [3.63, 3.8) is 0 Å². The number of nitrogens with two attached hydrogens (primary N) is 1. The Labute approximate surface area is 174 Å². The van der Waals surface area contributed by atoms with E-state index in [1.807, 2.05) is 17.0 Å². The van der Waals surface area contributed by atoms with Crippen molar-refractivity contribution >= 4 is 17.6 Å². The van der Waals surface area contributed by atoms with Gasteiger partial charge in [0.15, 0.2) is 0 Å². The Hall–Kier alpha value is -1.30. The van der Waals surface area contributed by atoms with Crippen LogP contribution >= 0.6 is 11.6 Å². The number of nitrogens with zero attached hydrogens (tertiary/aromatic N) is 3.